The lowest BCUT2D eigenvalue weighted by Gasteiger charge is -2.34. The van der Waals surface area contributed by atoms with Crippen molar-refractivity contribution in [3.63, 3.8) is 0 Å². The first kappa shape index (κ1) is 12.1. The zero-order valence-electron chi connectivity index (χ0n) is 9.98. The normalized spacial score (nSPS) is 18.9. The molecule has 0 amide bonds. The van der Waals surface area contributed by atoms with Crippen LogP contribution in [0.4, 0.5) is 0 Å². The molecule has 1 aliphatic rings. The van der Waals surface area contributed by atoms with Crippen LogP contribution >= 0.6 is 0 Å². The maximum absolute atomic E-state index is 12.5. The summed E-state index contributed by atoms with van der Waals surface area (Å²) in [7, 11) is 0. The van der Waals surface area contributed by atoms with E-state index in [1.165, 1.54) is 6.42 Å². The molecular weight excluding hydrogens is 214 g/mol. The number of aromatic hydroxyl groups is 1. The Morgan fingerprint density at radius 3 is 2.47 bits per heavy atom. The van der Waals surface area contributed by atoms with Crippen molar-refractivity contribution in [2.75, 3.05) is 6.54 Å². The quantitative estimate of drug-likeness (QED) is 0.788. The van der Waals surface area contributed by atoms with E-state index in [0.29, 0.717) is 12.1 Å². The Morgan fingerprint density at radius 1 is 1.24 bits per heavy atom. The summed E-state index contributed by atoms with van der Waals surface area (Å²) >= 11 is 0. The molecule has 92 valence electrons. The van der Waals surface area contributed by atoms with Gasteiger partial charge in [-0.05, 0) is 25.0 Å². The average molecular weight is 233 g/mol. The van der Waals surface area contributed by atoms with Gasteiger partial charge in [0.2, 0.25) is 0 Å². The van der Waals surface area contributed by atoms with Gasteiger partial charge in [-0.2, -0.15) is 0 Å². The molecule has 3 heteroatoms. The Morgan fingerprint density at radius 2 is 1.88 bits per heavy atom. The van der Waals surface area contributed by atoms with E-state index in [1.54, 1.807) is 24.3 Å². The van der Waals surface area contributed by atoms with Crippen molar-refractivity contribution in [3.8, 4) is 5.75 Å². The van der Waals surface area contributed by atoms with Crippen LogP contribution in [0.2, 0.25) is 0 Å². The molecule has 3 N–H and O–H groups in total. The number of para-hydroxylation sites is 1. The zero-order chi connectivity index (χ0) is 12.3. The monoisotopic (exact) mass is 233 g/mol. The predicted octanol–water partition coefficient (Wildman–Crippen LogP) is 2.48. The van der Waals surface area contributed by atoms with Crippen molar-refractivity contribution >= 4 is 5.78 Å². The predicted molar refractivity (Wildman–Crippen MR) is 67.0 cm³/mol. The van der Waals surface area contributed by atoms with E-state index in [9.17, 15) is 9.90 Å². The molecule has 1 aromatic carbocycles. The van der Waals surface area contributed by atoms with Gasteiger partial charge in [-0.3, -0.25) is 4.79 Å². The highest BCUT2D eigenvalue weighted by Gasteiger charge is 2.39. The lowest BCUT2D eigenvalue weighted by atomic mass is 9.69. The maximum atomic E-state index is 12.5. The Kier molecular flexibility index (Phi) is 3.48. The third-order valence-corrected chi connectivity index (χ3v) is 3.83. The first-order chi connectivity index (χ1) is 8.19. The van der Waals surface area contributed by atoms with Crippen LogP contribution in [0.15, 0.2) is 24.3 Å². The Labute approximate surface area is 102 Å². The second-order valence-electron chi connectivity index (χ2n) is 4.89. The van der Waals surface area contributed by atoms with Crippen LogP contribution in [0.3, 0.4) is 0 Å². The molecule has 0 unspecified atom stereocenters. The second kappa shape index (κ2) is 4.88. The Hall–Kier alpha value is -1.35. The molecule has 0 saturated heterocycles. The molecule has 2 rings (SSSR count). The molecule has 0 spiro atoms. The summed E-state index contributed by atoms with van der Waals surface area (Å²) in [5, 5.41) is 9.76. The highest BCUT2D eigenvalue weighted by Crippen LogP contribution is 2.39. The number of phenols is 1. The van der Waals surface area contributed by atoms with Crippen LogP contribution < -0.4 is 5.73 Å². The number of hydrogen-bond acceptors (Lipinski definition) is 3. The number of carbonyl (C=O) groups excluding carboxylic acids is 1. The van der Waals surface area contributed by atoms with Crippen molar-refractivity contribution < 1.29 is 9.90 Å². The Balaban J connectivity index is 2.32. The van der Waals surface area contributed by atoms with Gasteiger partial charge >= 0.3 is 0 Å². The van der Waals surface area contributed by atoms with Gasteiger partial charge in [0, 0.05) is 12.0 Å². The van der Waals surface area contributed by atoms with Crippen LogP contribution in [0, 0.1) is 5.41 Å². The molecule has 17 heavy (non-hydrogen) atoms. The first-order valence-corrected chi connectivity index (χ1v) is 6.22. The fourth-order valence-corrected chi connectivity index (χ4v) is 2.70. The van der Waals surface area contributed by atoms with Crippen LogP contribution in [-0.2, 0) is 0 Å². The molecule has 1 aliphatic carbocycles. The van der Waals surface area contributed by atoms with Gasteiger partial charge in [-0.25, -0.2) is 0 Å². The van der Waals surface area contributed by atoms with Crippen molar-refractivity contribution in [2.45, 2.75) is 32.1 Å². The van der Waals surface area contributed by atoms with E-state index < -0.39 is 5.41 Å². The summed E-state index contributed by atoms with van der Waals surface area (Å²) in [6.07, 6.45) is 4.97. The molecule has 0 bridgehead atoms. The molecule has 1 fully saturated rings. The molecule has 0 aliphatic heterocycles. The highest BCUT2D eigenvalue weighted by molar-refractivity contribution is 6.02. The molecule has 3 nitrogen and oxygen atoms in total. The van der Waals surface area contributed by atoms with Crippen LogP contribution in [0.25, 0.3) is 0 Å². The van der Waals surface area contributed by atoms with E-state index >= 15 is 0 Å². The van der Waals surface area contributed by atoms with E-state index in [2.05, 4.69) is 0 Å². The molecule has 0 radical (unpaired) electrons. The van der Waals surface area contributed by atoms with Gasteiger partial charge < -0.3 is 10.8 Å². The van der Waals surface area contributed by atoms with Crippen molar-refractivity contribution in [2.24, 2.45) is 11.1 Å². The van der Waals surface area contributed by atoms with Gasteiger partial charge in [0.15, 0.2) is 5.78 Å². The lowest BCUT2D eigenvalue weighted by Crippen LogP contribution is -2.40. The number of carbonyl (C=O) groups is 1. The van der Waals surface area contributed by atoms with Crippen LogP contribution in [-0.4, -0.2) is 17.4 Å². The van der Waals surface area contributed by atoms with Crippen molar-refractivity contribution in [1.82, 2.24) is 0 Å². The number of phenolic OH excluding ortho intramolecular Hbond substituents is 1. The molecule has 1 saturated carbocycles. The SMILES string of the molecule is NCC1(C(=O)c2ccccc2O)CCCCC1. The largest absolute Gasteiger partial charge is 0.507 e. The van der Waals surface area contributed by atoms with Gasteiger partial charge in [-0.1, -0.05) is 31.4 Å². The zero-order valence-corrected chi connectivity index (χ0v) is 9.98. The fraction of sp³-hybridized carbons (Fsp3) is 0.500. The third-order valence-electron chi connectivity index (χ3n) is 3.83. The molecule has 0 atom stereocenters. The maximum Gasteiger partial charge on any atom is 0.173 e. The number of nitrogens with two attached hydrogens (primary N) is 1. The van der Waals surface area contributed by atoms with Gasteiger partial charge in [0.1, 0.15) is 5.75 Å². The summed E-state index contributed by atoms with van der Waals surface area (Å²) in [5.74, 6) is 0.0775. The summed E-state index contributed by atoms with van der Waals surface area (Å²) in [6, 6.07) is 6.74. The van der Waals surface area contributed by atoms with Crippen molar-refractivity contribution in [1.29, 1.82) is 0 Å². The number of hydrogen-bond donors (Lipinski definition) is 2. The Bertz CT molecular complexity index is 408. The van der Waals surface area contributed by atoms with Gasteiger partial charge in [0.05, 0.1) is 5.56 Å². The molecular formula is C14H19NO2. The minimum Gasteiger partial charge on any atom is -0.507 e. The van der Waals surface area contributed by atoms with E-state index in [-0.39, 0.29) is 11.5 Å². The molecule has 0 aromatic heterocycles. The molecule has 1 aromatic rings. The summed E-state index contributed by atoms with van der Waals surface area (Å²) in [6.45, 7) is 0.375. The standard InChI is InChI=1S/C14H19NO2/c15-10-14(8-4-1-5-9-14)13(17)11-6-2-3-7-12(11)16/h2-3,6-7,16H,1,4-5,8-10,15H2. The number of Topliss-reactive ketones (excluding diaryl/α,β-unsaturated/α-hetero) is 1. The van der Waals surface area contributed by atoms with Crippen molar-refractivity contribution in [3.05, 3.63) is 29.8 Å². The van der Waals surface area contributed by atoms with Gasteiger partial charge in [-0.15, -0.1) is 0 Å². The smallest absolute Gasteiger partial charge is 0.173 e. The van der Waals surface area contributed by atoms with Crippen LogP contribution in [0.5, 0.6) is 5.75 Å². The van der Waals surface area contributed by atoms with E-state index in [1.807, 2.05) is 0 Å². The first-order valence-electron chi connectivity index (χ1n) is 6.22. The fourth-order valence-electron chi connectivity index (χ4n) is 2.70. The topological polar surface area (TPSA) is 63.3 Å². The van der Waals surface area contributed by atoms with Gasteiger partial charge in [0.25, 0.3) is 0 Å². The summed E-state index contributed by atoms with van der Waals surface area (Å²) in [5.41, 5.74) is 5.79. The minimum absolute atomic E-state index is 0.0119. The minimum atomic E-state index is -0.447. The third kappa shape index (κ3) is 2.20. The average Bonchev–Trinajstić information content (AvgIpc) is 2.39. The summed E-state index contributed by atoms with van der Waals surface area (Å²) < 4.78 is 0. The number of ketones is 1. The number of rotatable bonds is 3. The molecule has 0 heterocycles. The number of benzene rings is 1. The van der Waals surface area contributed by atoms with Crippen LogP contribution in [0.1, 0.15) is 42.5 Å². The summed E-state index contributed by atoms with van der Waals surface area (Å²) in [4.78, 5) is 12.5. The van der Waals surface area contributed by atoms with E-state index in [0.717, 1.165) is 25.7 Å². The highest BCUT2D eigenvalue weighted by atomic mass is 16.3. The second-order valence-corrected chi connectivity index (χ2v) is 4.89. The lowest BCUT2D eigenvalue weighted by molar-refractivity contribution is 0.0726. The van der Waals surface area contributed by atoms with E-state index in [4.69, 9.17) is 5.73 Å².